The number of urea groups is 1. The van der Waals surface area contributed by atoms with Crippen molar-refractivity contribution in [3.05, 3.63) is 95.1 Å². The highest BCUT2D eigenvalue weighted by molar-refractivity contribution is 6.04. The van der Waals surface area contributed by atoms with Crippen LogP contribution in [0, 0.1) is 0 Å². The molecule has 0 fully saturated rings. The Balaban J connectivity index is 1.83. The first-order valence-electron chi connectivity index (χ1n) is 10.9. The summed E-state index contributed by atoms with van der Waals surface area (Å²) in [5.74, 6) is 0.947. The molecule has 1 unspecified atom stereocenters. The number of rotatable bonds is 8. The number of methoxy groups -OCH3 is 3. The van der Waals surface area contributed by atoms with Gasteiger partial charge in [0.2, 0.25) is 0 Å². The van der Waals surface area contributed by atoms with Gasteiger partial charge in [0, 0.05) is 5.56 Å². The fourth-order valence-electron chi connectivity index (χ4n) is 3.92. The van der Waals surface area contributed by atoms with Gasteiger partial charge in [0.1, 0.15) is 12.4 Å². The molecule has 0 radical (unpaired) electrons. The minimum absolute atomic E-state index is 0.232. The highest BCUT2D eigenvalue weighted by Gasteiger charge is 2.36. The highest BCUT2D eigenvalue weighted by Crippen LogP contribution is 2.41. The predicted molar refractivity (Wildman–Crippen MR) is 130 cm³/mol. The minimum Gasteiger partial charge on any atom is -0.497 e. The van der Waals surface area contributed by atoms with Crippen LogP contribution in [0.15, 0.2) is 78.4 Å². The lowest BCUT2D eigenvalue weighted by Crippen LogP contribution is -2.45. The summed E-state index contributed by atoms with van der Waals surface area (Å²) >= 11 is 0. The van der Waals surface area contributed by atoms with Crippen LogP contribution >= 0.6 is 0 Å². The van der Waals surface area contributed by atoms with Gasteiger partial charge in [0.05, 0.1) is 38.6 Å². The fourth-order valence-corrected chi connectivity index (χ4v) is 3.92. The number of ether oxygens (including phenoxy) is 4. The molecule has 35 heavy (non-hydrogen) atoms. The monoisotopic (exact) mass is 474 g/mol. The van der Waals surface area contributed by atoms with Gasteiger partial charge in [-0.05, 0) is 41.5 Å². The van der Waals surface area contributed by atoms with Gasteiger partial charge in [-0.3, -0.25) is 0 Å². The van der Waals surface area contributed by atoms with E-state index < -0.39 is 18.0 Å². The van der Waals surface area contributed by atoms with Gasteiger partial charge in [-0.1, -0.05) is 42.5 Å². The molecule has 0 saturated carbocycles. The molecule has 4 rings (SSSR count). The van der Waals surface area contributed by atoms with Gasteiger partial charge < -0.3 is 29.6 Å². The average molecular weight is 475 g/mol. The maximum atomic E-state index is 13.0. The summed E-state index contributed by atoms with van der Waals surface area (Å²) in [6.07, 6.45) is 0. The van der Waals surface area contributed by atoms with E-state index in [0.717, 1.165) is 5.56 Å². The predicted octanol–water partition coefficient (Wildman–Crippen LogP) is 4.22. The number of nitrogens with one attached hydrogen (secondary N) is 2. The summed E-state index contributed by atoms with van der Waals surface area (Å²) in [6.45, 7) is 0.274. The van der Waals surface area contributed by atoms with Crippen LogP contribution in [-0.2, 0) is 16.1 Å². The molecule has 3 aromatic rings. The SMILES string of the molecule is COC(=O)C1=C(c2ccc(OC)cc2)NC(=O)NC1c1cccc(OC)c1OCc1ccccc1. The Morgan fingerprint density at radius 3 is 2.29 bits per heavy atom. The number of hydrogen-bond acceptors (Lipinski definition) is 6. The van der Waals surface area contributed by atoms with Gasteiger partial charge in [-0.2, -0.15) is 0 Å². The van der Waals surface area contributed by atoms with Crippen LogP contribution in [0.3, 0.4) is 0 Å². The molecule has 1 atom stereocenters. The number of hydrogen-bond donors (Lipinski definition) is 2. The number of carbonyl (C=O) groups is 2. The first-order valence-corrected chi connectivity index (χ1v) is 10.9. The molecule has 8 nitrogen and oxygen atoms in total. The molecule has 180 valence electrons. The minimum atomic E-state index is -0.853. The summed E-state index contributed by atoms with van der Waals surface area (Å²) in [4.78, 5) is 25.8. The summed E-state index contributed by atoms with van der Waals surface area (Å²) in [5.41, 5.74) is 2.71. The van der Waals surface area contributed by atoms with Crippen LogP contribution in [-0.4, -0.2) is 33.3 Å². The number of benzene rings is 3. The molecule has 0 saturated heterocycles. The van der Waals surface area contributed by atoms with Crippen LogP contribution in [0.2, 0.25) is 0 Å². The number of amides is 2. The average Bonchev–Trinajstić information content (AvgIpc) is 2.91. The molecule has 0 aromatic heterocycles. The largest absolute Gasteiger partial charge is 0.497 e. The molecule has 1 aliphatic rings. The molecule has 2 amide bonds. The molecule has 3 aromatic carbocycles. The summed E-state index contributed by atoms with van der Waals surface area (Å²) in [6, 6.07) is 20.7. The van der Waals surface area contributed by atoms with Crippen molar-refractivity contribution >= 4 is 17.7 Å². The molecule has 0 spiro atoms. The maximum absolute atomic E-state index is 13.0. The second kappa shape index (κ2) is 10.6. The van der Waals surface area contributed by atoms with Gasteiger partial charge in [0.15, 0.2) is 11.5 Å². The van der Waals surface area contributed by atoms with E-state index in [4.69, 9.17) is 18.9 Å². The Labute approximate surface area is 203 Å². The summed E-state index contributed by atoms with van der Waals surface area (Å²) in [7, 11) is 4.40. The van der Waals surface area contributed by atoms with Crippen molar-refractivity contribution < 1.29 is 28.5 Å². The lowest BCUT2D eigenvalue weighted by Gasteiger charge is -2.30. The van der Waals surface area contributed by atoms with Crippen LogP contribution in [0.25, 0.3) is 5.70 Å². The molecule has 2 N–H and O–H groups in total. The molecule has 1 aliphatic heterocycles. The van der Waals surface area contributed by atoms with Crippen molar-refractivity contribution in [3.8, 4) is 17.2 Å². The lowest BCUT2D eigenvalue weighted by molar-refractivity contribution is -0.136. The van der Waals surface area contributed by atoms with E-state index in [-0.39, 0.29) is 12.2 Å². The van der Waals surface area contributed by atoms with Crippen molar-refractivity contribution in [2.45, 2.75) is 12.6 Å². The fraction of sp³-hybridized carbons (Fsp3) is 0.185. The normalized spacial score (nSPS) is 15.1. The third-order valence-corrected chi connectivity index (χ3v) is 5.62. The van der Waals surface area contributed by atoms with E-state index in [9.17, 15) is 9.59 Å². The van der Waals surface area contributed by atoms with Crippen molar-refractivity contribution in [2.75, 3.05) is 21.3 Å². The van der Waals surface area contributed by atoms with E-state index in [2.05, 4.69) is 10.6 Å². The van der Waals surface area contributed by atoms with Crippen LogP contribution in [0.5, 0.6) is 17.2 Å². The Kier molecular flexibility index (Phi) is 7.21. The van der Waals surface area contributed by atoms with Crippen molar-refractivity contribution in [1.29, 1.82) is 0 Å². The second-order valence-electron chi connectivity index (χ2n) is 7.69. The van der Waals surface area contributed by atoms with Crippen molar-refractivity contribution in [1.82, 2.24) is 10.6 Å². The number of para-hydroxylation sites is 1. The third-order valence-electron chi connectivity index (χ3n) is 5.62. The Hall–Kier alpha value is -4.46. The zero-order chi connectivity index (χ0) is 24.8. The zero-order valence-electron chi connectivity index (χ0n) is 19.7. The van der Waals surface area contributed by atoms with Crippen molar-refractivity contribution in [3.63, 3.8) is 0 Å². The first-order chi connectivity index (χ1) is 17.0. The number of esters is 1. The topological polar surface area (TPSA) is 95.1 Å². The second-order valence-corrected chi connectivity index (χ2v) is 7.69. The van der Waals surface area contributed by atoms with Gasteiger partial charge in [-0.25, -0.2) is 9.59 Å². The van der Waals surface area contributed by atoms with Crippen LogP contribution < -0.4 is 24.8 Å². The Bertz CT molecular complexity index is 1240. The van der Waals surface area contributed by atoms with Gasteiger partial charge in [-0.15, -0.1) is 0 Å². The summed E-state index contributed by atoms with van der Waals surface area (Å²) < 4.78 is 22.1. The van der Waals surface area contributed by atoms with Crippen molar-refractivity contribution in [2.24, 2.45) is 0 Å². The van der Waals surface area contributed by atoms with E-state index in [1.165, 1.54) is 14.2 Å². The summed E-state index contributed by atoms with van der Waals surface area (Å²) in [5, 5.41) is 5.60. The standard InChI is InChI=1S/C27H26N2O6/c1-32-19-14-12-18(13-15-19)23-22(26(30)34-3)24(29-27(31)28-23)20-10-7-11-21(33-2)25(20)35-16-17-8-5-4-6-9-17/h4-15,24H,16H2,1-3H3,(H2,28,29,31). The van der Waals surface area contributed by atoms with E-state index in [1.54, 1.807) is 49.6 Å². The number of carbonyl (C=O) groups excluding carboxylic acids is 2. The van der Waals surface area contributed by atoms with Gasteiger partial charge in [0.25, 0.3) is 0 Å². The molecule has 8 heteroatoms. The van der Waals surface area contributed by atoms with Gasteiger partial charge >= 0.3 is 12.0 Å². The quantitative estimate of drug-likeness (QED) is 0.475. The molecule has 1 heterocycles. The van der Waals surface area contributed by atoms with E-state index in [1.807, 2.05) is 30.3 Å². The molecule has 0 aliphatic carbocycles. The maximum Gasteiger partial charge on any atom is 0.338 e. The third kappa shape index (κ3) is 5.06. The first kappa shape index (κ1) is 23.7. The molecule has 0 bridgehead atoms. The lowest BCUT2D eigenvalue weighted by atomic mass is 9.92. The smallest absolute Gasteiger partial charge is 0.338 e. The molecular weight excluding hydrogens is 448 g/mol. The van der Waals surface area contributed by atoms with Crippen LogP contribution in [0.4, 0.5) is 4.79 Å². The Morgan fingerprint density at radius 2 is 1.63 bits per heavy atom. The zero-order valence-corrected chi connectivity index (χ0v) is 19.7. The molecular formula is C27H26N2O6. The van der Waals surface area contributed by atoms with E-state index >= 15 is 0 Å². The Morgan fingerprint density at radius 1 is 0.886 bits per heavy atom. The van der Waals surface area contributed by atoms with Crippen LogP contribution in [0.1, 0.15) is 22.7 Å². The van der Waals surface area contributed by atoms with E-state index in [0.29, 0.717) is 34.1 Å². The highest BCUT2D eigenvalue weighted by atomic mass is 16.5.